The molecule has 8 nitrogen and oxygen atoms in total. The molecular weight excluding hydrogens is 417 g/mol. The second kappa shape index (κ2) is 8.01. The van der Waals surface area contributed by atoms with Gasteiger partial charge in [-0.25, -0.2) is 9.18 Å². The Balaban J connectivity index is 1.83. The minimum Gasteiger partial charge on any atom is -0.435 e. The fourth-order valence-corrected chi connectivity index (χ4v) is 3.03. The molecular formula is C20H15F3N4O4. The largest absolute Gasteiger partial charge is 0.435 e. The van der Waals surface area contributed by atoms with E-state index in [1.165, 1.54) is 60.1 Å². The summed E-state index contributed by atoms with van der Waals surface area (Å²) in [6.07, 6.45) is 0. The van der Waals surface area contributed by atoms with Gasteiger partial charge >= 0.3 is 18.3 Å². The lowest BCUT2D eigenvalue weighted by Gasteiger charge is -2.11. The molecule has 4 aromatic rings. The number of aromatic nitrogens is 4. The first-order chi connectivity index (χ1) is 14.8. The van der Waals surface area contributed by atoms with Crippen LogP contribution in [0.25, 0.3) is 11.2 Å². The van der Waals surface area contributed by atoms with E-state index < -0.39 is 23.7 Å². The number of aromatic amines is 1. The molecule has 11 heteroatoms. The van der Waals surface area contributed by atoms with Crippen molar-refractivity contribution in [1.82, 2.24) is 19.1 Å². The Morgan fingerprint density at radius 3 is 2.52 bits per heavy atom. The summed E-state index contributed by atoms with van der Waals surface area (Å²) in [5, 5.41) is 0. The van der Waals surface area contributed by atoms with Crippen LogP contribution in [0.1, 0.15) is 5.56 Å². The van der Waals surface area contributed by atoms with Gasteiger partial charge < -0.3 is 9.47 Å². The Morgan fingerprint density at radius 1 is 1.10 bits per heavy atom. The van der Waals surface area contributed by atoms with Gasteiger partial charge in [0.2, 0.25) is 0 Å². The minimum atomic E-state index is -3.01. The molecule has 2 aromatic carbocycles. The van der Waals surface area contributed by atoms with E-state index in [9.17, 15) is 22.8 Å². The zero-order valence-electron chi connectivity index (χ0n) is 16.0. The van der Waals surface area contributed by atoms with Crippen LogP contribution in [-0.4, -0.2) is 25.7 Å². The minimum absolute atomic E-state index is 0.0569. The lowest BCUT2D eigenvalue weighted by Crippen LogP contribution is -2.29. The lowest BCUT2D eigenvalue weighted by atomic mass is 10.2. The summed E-state index contributed by atoms with van der Waals surface area (Å²) < 4.78 is 50.9. The van der Waals surface area contributed by atoms with Gasteiger partial charge in [0.05, 0.1) is 6.54 Å². The number of hydrogen-bond donors (Lipinski definition) is 1. The van der Waals surface area contributed by atoms with Gasteiger partial charge in [-0.2, -0.15) is 13.8 Å². The lowest BCUT2D eigenvalue weighted by molar-refractivity contribution is -0.0499. The summed E-state index contributed by atoms with van der Waals surface area (Å²) in [5.74, 6) is -0.430. The maximum Gasteiger partial charge on any atom is 0.387 e. The number of H-pyrrole nitrogens is 1. The predicted octanol–water partition coefficient (Wildman–Crippen LogP) is 3.00. The SMILES string of the molecule is Cn1c(=O)[nH]c(=O)c2c1nc(Oc1cccc(OC(F)F)c1)n2Cc1ccc(F)cc1. The van der Waals surface area contributed by atoms with Crippen LogP contribution >= 0.6 is 0 Å². The number of nitrogens with zero attached hydrogens (tertiary/aromatic N) is 3. The summed E-state index contributed by atoms with van der Waals surface area (Å²) in [6, 6.07) is 11.0. The number of aryl methyl sites for hydroxylation is 1. The van der Waals surface area contributed by atoms with Gasteiger partial charge in [-0.15, -0.1) is 0 Å². The van der Waals surface area contributed by atoms with Crippen LogP contribution in [0.3, 0.4) is 0 Å². The number of alkyl halides is 2. The van der Waals surface area contributed by atoms with E-state index in [4.69, 9.17) is 4.74 Å². The van der Waals surface area contributed by atoms with E-state index in [-0.39, 0.29) is 35.2 Å². The molecule has 0 atom stereocenters. The van der Waals surface area contributed by atoms with E-state index in [0.717, 1.165) is 4.57 Å². The first-order valence-electron chi connectivity index (χ1n) is 8.98. The molecule has 31 heavy (non-hydrogen) atoms. The molecule has 0 aliphatic heterocycles. The molecule has 0 amide bonds. The zero-order valence-corrected chi connectivity index (χ0v) is 16.0. The van der Waals surface area contributed by atoms with Crippen molar-refractivity contribution in [3.05, 3.63) is 80.7 Å². The van der Waals surface area contributed by atoms with Crippen molar-refractivity contribution in [2.24, 2.45) is 7.05 Å². The molecule has 0 aliphatic carbocycles. The topological polar surface area (TPSA) is 91.1 Å². The van der Waals surface area contributed by atoms with E-state index >= 15 is 0 Å². The molecule has 1 N–H and O–H groups in total. The van der Waals surface area contributed by atoms with Crippen molar-refractivity contribution < 1.29 is 22.6 Å². The van der Waals surface area contributed by atoms with Crippen LogP contribution in [0.4, 0.5) is 13.2 Å². The normalized spacial score (nSPS) is 11.3. The van der Waals surface area contributed by atoms with Gasteiger partial charge in [-0.05, 0) is 29.8 Å². The van der Waals surface area contributed by atoms with E-state index in [2.05, 4.69) is 14.7 Å². The Hall–Kier alpha value is -4.02. The van der Waals surface area contributed by atoms with Crippen molar-refractivity contribution in [3.63, 3.8) is 0 Å². The third-order valence-electron chi connectivity index (χ3n) is 4.47. The predicted molar refractivity (Wildman–Crippen MR) is 104 cm³/mol. The van der Waals surface area contributed by atoms with Crippen molar-refractivity contribution in [2.45, 2.75) is 13.2 Å². The molecule has 0 unspecified atom stereocenters. The monoisotopic (exact) mass is 432 g/mol. The van der Waals surface area contributed by atoms with E-state index in [1.807, 2.05) is 0 Å². The number of ether oxygens (including phenoxy) is 2. The Morgan fingerprint density at radius 2 is 1.81 bits per heavy atom. The first kappa shape index (κ1) is 20.3. The zero-order chi connectivity index (χ0) is 22.1. The standard InChI is InChI=1S/C20H15F3N4O4/c1-26-16-15(17(28)25-19(26)29)27(10-11-5-7-12(21)8-6-11)20(24-16)31-14-4-2-3-13(9-14)30-18(22)23/h2-9,18H,10H2,1H3,(H,25,28,29). The van der Waals surface area contributed by atoms with Gasteiger partial charge in [-0.1, -0.05) is 18.2 Å². The summed E-state index contributed by atoms with van der Waals surface area (Å²) in [4.78, 5) is 30.9. The Bertz CT molecular complexity index is 1360. The van der Waals surface area contributed by atoms with E-state index in [0.29, 0.717) is 5.56 Å². The quantitative estimate of drug-likeness (QED) is 0.506. The molecule has 4 rings (SSSR count). The number of nitrogens with one attached hydrogen (secondary N) is 1. The number of fused-ring (bicyclic) bond motifs is 1. The molecule has 160 valence electrons. The molecule has 0 radical (unpaired) electrons. The second-order valence-corrected chi connectivity index (χ2v) is 6.55. The molecule has 0 saturated heterocycles. The highest BCUT2D eigenvalue weighted by atomic mass is 19.3. The highest BCUT2D eigenvalue weighted by Gasteiger charge is 2.19. The third kappa shape index (κ3) is 4.15. The molecule has 0 aliphatic rings. The third-order valence-corrected chi connectivity index (χ3v) is 4.47. The van der Waals surface area contributed by atoms with Crippen molar-refractivity contribution >= 4 is 11.2 Å². The van der Waals surface area contributed by atoms with Crippen LogP contribution in [-0.2, 0) is 13.6 Å². The van der Waals surface area contributed by atoms with Crippen molar-refractivity contribution in [2.75, 3.05) is 0 Å². The number of rotatable bonds is 6. The highest BCUT2D eigenvalue weighted by Crippen LogP contribution is 2.28. The van der Waals surface area contributed by atoms with Gasteiger partial charge in [-0.3, -0.25) is 18.9 Å². The number of imidazole rings is 1. The van der Waals surface area contributed by atoms with Gasteiger partial charge in [0.1, 0.15) is 17.3 Å². The Kier molecular flexibility index (Phi) is 5.24. The first-order valence-corrected chi connectivity index (χ1v) is 8.98. The van der Waals surface area contributed by atoms with Crippen LogP contribution in [0.2, 0.25) is 0 Å². The fourth-order valence-electron chi connectivity index (χ4n) is 3.03. The number of benzene rings is 2. The van der Waals surface area contributed by atoms with Gasteiger partial charge in [0.15, 0.2) is 11.2 Å². The molecule has 0 spiro atoms. The van der Waals surface area contributed by atoms with Gasteiger partial charge in [0, 0.05) is 13.1 Å². The summed E-state index contributed by atoms with van der Waals surface area (Å²) in [7, 11) is 1.43. The van der Waals surface area contributed by atoms with Crippen molar-refractivity contribution in [1.29, 1.82) is 0 Å². The Labute approximate surface area is 172 Å². The smallest absolute Gasteiger partial charge is 0.387 e. The fraction of sp³-hybridized carbons (Fsp3) is 0.150. The maximum absolute atomic E-state index is 13.3. The van der Waals surface area contributed by atoms with Crippen LogP contribution in [0.5, 0.6) is 17.5 Å². The molecule has 0 bridgehead atoms. The molecule has 2 aromatic heterocycles. The average Bonchev–Trinajstić information content (AvgIpc) is 3.06. The van der Waals surface area contributed by atoms with E-state index in [1.54, 1.807) is 0 Å². The van der Waals surface area contributed by atoms with Crippen molar-refractivity contribution in [3.8, 4) is 17.5 Å². The maximum atomic E-state index is 13.3. The molecule has 0 saturated carbocycles. The highest BCUT2D eigenvalue weighted by molar-refractivity contribution is 5.72. The molecule has 2 heterocycles. The number of hydrogen-bond acceptors (Lipinski definition) is 5. The average molecular weight is 432 g/mol. The van der Waals surface area contributed by atoms with Crippen LogP contribution in [0, 0.1) is 5.82 Å². The summed E-state index contributed by atoms with van der Waals surface area (Å²) >= 11 is 0. The summed E-state index contributed by atoms with van der Waals surface area (Å²) in [5.41, 5.74) is -0.596. The molecule has 0 fully saturated rings. The summed E-state index contributed by atoms with van der Waals surface area (Å²) in [6.45, 7) is -2.94. The van der Waals surface area contributed by atoms with Crippen LogP contribution in [0.15, 0.2) is 58.1 Å². The second-order valence-electron chi connectivity index (χ2n) is 6.55. The number of halogens is 3. The van der Waals surface area contributed by atoms with Gasteiger partial charge in [0.25, 0.3) is 5.56 Å². The van der Waals surface area contributed by atoms with Crippen LogP contribution < -0.4 is 20.7 Å².